The van der Waals surface area contributed by atoms with E-state index in [1.165, 1.54) is 0 Å². The Balaban J connectivity index is 2.74. The summed E-state index contributed by atoms with van der Waals surface area (Å²) in [5, 5.41) is 0.701. The highest BCUT2D eigenvalue weighted by molar-refractivity contribution is 9.10. The molecule has 0 aliphatic heterocycles. The third kappa shape index (κ3) is 4.52. The molecule has 0 aliphatic carbocycles. The Bertz CT molecular complexity index is 399. The van der Waals surface area contributed by atoms with E-state index in [4.69, 9.17) is 22.2 Å². The molecular weight excluding hydrogens is 316 g/mol. The summed E-state index contributed by atoms with van der Waals surface area (Å²) in [5.41, 5.74) is 3.81. The minimum Gasteiger partial charge on any atom is -0.379 e. The molecule has 0 fully saturated rings. The number of rotatable bonds is 6. The van der Waals surface area contributed by atoms with Crippen LogP contribution in [0.25, 0.3) is 0 Å². The molecule has 0 spiro atoms. The number of nitrogens with two attached hydrogens (primary N) is 1. The van der Waals surface area contributed by atoms with Gasteiger partial charge in [0.15, 0.2) is 0 Å². The van der Waals surface area contributed by atoms with Crippen LogP contribution in [0.3, 0.4) is 0 Å². The summed E-state index contributed by atoms with van der Waals surface area (Å²) >= 11 is 9.40. The summed E-state index contributed by atoms with van der Waals surface area (Å²) in [5.74, 6) is 5.62. The lowest BCUT2D eigenvalue weighted by Crippen LogP contribution is -2.31. The van der Waals surface area contributed by atoms with Crippen molar-refractivity contribution in [1.29, 1.82) is 0 Å². The number of methoxy groups -OCH3 is 1. The molecule has 3 N–H and O–H groups in total. The predicted molar refractivity (Wildman–Crippen MR) is 79.5 cm³/mol. The lowest BCUT2D eigenvalue weighted by atomic mass is 9.95. The van der Waals surface area contributed by atoms with Crippen molar-refractivity contribution in [2.45, 2.75) is 38.3 Å². The van der Waals surface area contributed by atoms with Crippen LogP contribution in [-0.2, 0) is 4.74 Å². The zero-order valence-electron chi connectivity index (χ0n) is 11.0. The molecule has 1 rings (SSSR count). The molecule has 0 amide bonds. The largest absolute Gasteiger partial charge is 0.379 e. The lowest BCUT2D eigenvalue weighted by Gasteiger charge is -2.26. The van der Waals surface area contributed by atoms with E-state index in [9.17, 15) is 0 Å². The van der Waals surface area contributed by atoms with Gasteiger partial charge in [-0.05, 0) is 60.3 Å². The fourth-order valence-electron chi connectivity index (χ4n) is 1.67. The van der Waals surface area contributed by atoms with Gasteiger partial charge in [0.2, 0.25) is 0 Å². The van der Waals surface area contributed by atoms with E-state index in [-0.39, 0.29) is 11.6 Å². The van der Waals surface area contributed by atoms with Crippen molar-refractivity contribution >= 4 is 27.5 Å². The Kier molecular flexibility index (Phi) is 6.08. The van der Waals surface area contributed by atoms with Gasteiger partial charge in [-0.25, -0.2) is 0 Å². The van der Waals surface area contributed by atoms with Gasteiger partial charge in [0.05, 0.1) is 10.6 Å². The van der Waals surface area contributed by atoms with Gasteiger partial charge in [-0.2, -0.15) is 0 Å². The van der Waals surface area contributed by atoms with Gasteiger partial charge >= 0.3 is 0 Å². The molecule has 0 radical (unpaired) electrons. The van der Waals surface area contributed by atoms with Crippen LogP contribution in [0, 0.1) is 0 Å². The highest BCUT2D eigenvalue weighted by atomic mass is 79.9. The number of nitrogens with one attached hydrogen (secondary N) is 1. The van der Waals surface area contributed by atoms with Crippen LogP contribution in [0.2, 0.25) is 5.02 Å². The zero-order chi connectivity index (χ0) is 13.8. The van der Waals surface area contributed by atoms with E-state index in [1.807, 2.05) is 18.2 Å². The van der Waals surface area contributed by atoms with Gasteiger partial charge in [-0.3, -0.25) is 11.3 Å². The quantitative estimate of drug-likeness (QED) is 0.614. The molecule has 18 heavy (non-hydrogen) atoms. The summed E-state index contributed by atoms with van der Waals surface area (Å²) in [6.07, 6.45) is 1.81. The van der Waals surface area contributed by atoms with Crippen LogP contribution in [-0.4, -0.2) is 12.7 Å². The molecule has 0 saturated carbocycles. The van der Waals surface area contributed by atoms with Crippen molar-refractivity contribution in [3.8, 4) is 0 Å². The SMILES string of the molecule is COC(C)(C)CCC(NN)c1ccc(Cl)c(Br)c1. The first-order chi connectivity index (χ1) is 8.39. The van der Waals surface area contributed by atoms with Crippen molar-refractivity contribution in [3.63, 3.8) is 0 Å². The van der Waals surface area contributed by atoms with Crippen molar-refractivity contribution in [3.05, 3.63) is 33.3 Å². The number of halogens is 2. The highest BCUT2D eigenvalue weighted by Gasteiger charge is 2.20. The van der Waals surface area contributed by atoms with Gasteiger partial charge in [0.1, 0.15) is 0 Å². The van der Waals surface area contributed by atoms with Gasteiger partial charge in [0.25, 0.3) is 0 Å². The monoisotopic (exact) mass is 334 g/mol. The van der Waals surface area contributed by atoms with Crippen molar-refractivity contribution in [2.24, 2.45) is 5.84 Å². The van der Waals surface area contributed by atoms with E-state index < -0.39 is 0 Å². The Hall–Kier alpha value is -0.130. The molecule has 0 heterocycles. The fraction of sp³-hybridized carbons (Fsp3) is 0.538. The first-order valence-corrected chi connectivity index (χ1v) is 7.03. The molecule has 1 unspecified atom stereocenters. The number of hydrogen-bond donors (Lipinski definition) is 2. The van der Waals surface area contributed by atoms with E-state index in [0.29, 0.717) is 5.02 Å². The van der Waals surface area contributed by atoms with E-state index in [2.05, 4.69) is 35.2 Å². The highest BCUT2D eigenvalue weighted by Crippen LogP contribution is 2.29. The molecule has 0 aliphatic rings. The van der Waals surface area contributed by atoms with Crippen LogP contribution in [0.1, 0.15) is 38.3 Å². The topological polar surface area (TPSA) is 47.3 Å². The van der Waals surface area contributed by atoms with Crippen molar-refractivity contribution in [1.82, 2.24) is 5.43 Å². The second-order valence-corrected chi connectivity index (χ2v) is 6.16. The maximum Gasteiger partial charge on any atom is 0.0623 e. The van der Waals surface area contributed by atoms with Crippen LogP contribution in [0.15, 0.2) is 22.7 Å². The fourth-order valence-corrected chi connectivity index (χ4v) is 2.18. The second kappa shape index (κ2) is 6.87. The lowest BCUT2D eigenvalue weighted by molar-refractivity contribution is 0.0117. The van der Waals surface area contributed by atoms with Crippen LogP contribution >= 0.6 is 27.5 Å². The van der Waals surface area contributed by atoms with Crippen molar-refractivity contribution in [2.75, 3.05) is 7.11 Å². The maximum atomic E-state index is 5.98. The standard InChI is InChI=1S/C13H20BrClN2O/c1-13(2,18-3)7-6-12(17-16)9-4-5-11(15)10(14)8-9/h4-5,8,12,17H,6-7,16H2,1-3H3. The average molecular weight is 336 g/mol. The second-order valence-electron chi connectivity index (χ2n) is 4.90. The molecule has 0 saturated heterocycles. The smallest absolute Gasteiger partial charge is 0.0623 e. The Labute approximate surface area is 122 Å². The summed E-state index contributed by atoms with van der Waals surface area (Å²) in [6.45, 7) is 4.14. The number of benzene rings is 1. The first-order valence-electron chi connectivity index (χ1n) is 5.86. The number of ether oxygens (including phenoxy) is 1. The van der Waals surface area contributed by atoms with Gasteiger partial charge < -0.3 is 4.74 Å². The Morgan fingerprint density at radius 1 is 1.50 bits per heavy atom. The van der Waals surface area contributed by atoms with Crippen LogP contribution in [0.5, 0.6) is 0 Å². The van der Waals surface area contributed by atoms with E-state index in [1.54, 1.807) is 7.11 Å². The summed E-state index contributed by atoms with van der Waals surface area (Å²) in [4.78, 5) is 0. The van der Waals surface area contributed by atoms with Gasteiger partial charge in [-0.1, -0.05) is 17.7 Å². The summed E-state index contributed by atoms with van der Waals surface area (Å²) in [6, 6.07) is 5.93. The molecule has 102 valence electrons. The predicted octanol–water partition coefficient (Wildman–Crippen LogP) is 3.81. The van der Waals surface area contributed by atoms with Crippen LogP contribution < -0.4 is 11.3 Å². The third-order valence-corrected chi connectivity index (χ3v) is 4.35. The zero-order valence-corrected chi connectivity index (χ0v) is 13.3. The minimum atomic E-state index is -0.140. The maximum absolute atomic E-state index is 5.98. The van der Waals surface area contributed by atoms with E-state index >= 15 is 0 Å². The summed E-state index contributed by atoms with van der Waals surface area (Å²) in [7, 11) is 1.73. The Morgan fingerprint density at radius 2 is 2.17 bits per heavy atom. The Morgan fingerprint density at radius 3 is 2.67 bits per heavy atom. The summed E-state index contributed by atoms with van der Waals surface area (Å²) < 4.78 is 6.29. The molecule has 0 bridgehead atoms. The third-order valence-electron chi connectivity index (χ3n) is 3.13. The average Bonchev–Trinajstić information content (AvgIpc) is 2.34. The molecular formula is C13H20BrClN2O. The van der Waals surface area contributed by atoms with Crippen LogP contribution in [0.4, 0.5) is 0 Å². The molecule has 1 atom stereocenters. The number of hydrazine groups is 1. The molecule has 0 aromatic heterocycles. The molecule has 1 aromatic carbocycles. The van der Waals surface area contributed by atoms with Gasteiger partial charge in [-0.15, -0.1) is 0 Å². The first kappa shape index (κ1) is 15.9. The molecule has 1 aromatic rings. The van der Waals surface area contributed by atoms with Crippen molar-refractivity contribution < 1.29 is 4.74 Å². The number of hydrogen-bond acceptors (Lipinski definition) is 3. The minimum absolute atomic E-state index is 0.0907. The van der Waals surface area contributed by atoms with Gasteiger partial charge in [0, 0.05) is 17.6 Å². The molecule has 3 nitrogen and oxygen atoms in total. The normalized spacial score (nSPS) is 13.7. The van der Waals surface area contributed by atoms with E-state index in [0.717, 1.165) is 22.9 Å². The molecule has 5 heteroatoms.